The maximum absolute atomic E-state index is 5.41. The van der Waals surface area contributed by atoms with Crippen molar-refractivity contribution < 1.29 is 9.47 Å². The summed E-state index contributed by atoms with van der Waals surface area (Å²) in [6, 6.07) is 18.5. The molecule has 0 unspecified atom stereocenters. The Morgan fingerprint density at radius 2 is 1.90 bits per heavy atom. The Kier molecular flexibility index (Phi) is 6.44. The Bertz CT molecular complexity index is 941. The average Bonchev–Trinajstić information content (AvgIpc) is 2.78. The summed E-state index contributed by atoms with van der Waals surface area (Å²) in [6.07, 6.45) is 0. The average molecular weight is 393 g/mol. The van der Waals surface area contributed by atoms with Crippen LogP contribution in [0.1, 0.15) is 5.56 Å². The number of hydrogen-bond acceptors (Lipinski definition) is 6. The van der Waals surface area contributed by atoms with E-state index in [-0.39, 0.29) is 0 Å². The van der Waals surface area contributed by atoms with Crippen LogP contribution < -0.4 is 15.4 Å². The van der Waals surface area contributed by atoms with Crippen LogP contribution in [0, 0.1) is 0 Å². The van der Waals surface area contributed by atoms with Gasteiger partial charge in [0.1, 0.15) is 11.6 Å². The minimum atomic E-state index is 0.670. The van der Waals surface area contributed by atoms with Crippen molar-refractivity contribution >= 4 is 22.4 Å². The molecule has 0 aliphatic carbocycles. The number of aromatic nitrogens is 1. The molecule has 0 atom stereocenters. The lowest BCUT2D eigenvalue weighted by Crippen LogP contribution is -2.38. The van der Waals surface area contributed by atoms with E-state index < -0.39 is 0 Å². The van der Waals surface area contributed by atoms with E-state index >= 15 is 0 Å². The topological polar surface area (TPSA) is 58.7 Å². The van der Waals surface area contributed by atoms with Crippen LogP contribution in [0.15, 0.2) is 54.6 Å². The highest BCUT2D eigenvalue weighted by Gasteiger charge is 2.09. The number of nitrogens with one attached hydrogen (secondary N) is 2. The molecular weight excluding hydrogens is 364 g/mol. The van der Waals surface area contributed by atoms with Crippen LogP contribution in [0.5, 0.6) is 5.75 Å². The normalized spacial score (nSPS) is 14.7. The van der Waals surface area contributed by atoms with Crippen molar-refractivity contribution in [2.75, 3.05) is 57.1 Å². The summed E-state index contributed by atoms with van der Waals surface area (Å²) in [4.78, 5) is 7.17. The molecule has 29 heavy (non-hydrogen) atoms. The highest BCUT2D eigenvalue weighted by atomic mass is 16.5. The lowest BCUT2D eigenvalue weighted by atomic mass is 10.2. The zero-order valence-electron chi connectivity index (χ0n) is 16.9. The zero-order valence-corrected chi connectivity index (χ0v) is 16.9. The van der Waals surface area contributed by atoms with E-state index in [9.17, 15) is 0 Å². The second kappa shape index (κ2) is 9.58. The van der Waals surface area contributed by atoms with Crippen LogP contribution >= 0.6 is 0 Å². The highest BCUT2D eigenvalue weighted by Crippen LogP contribution is 2.22. The molecule has 1 saturated heterocycles. The van der Waals surface area contributed by atoms with Crippen molar-refractivity contribution in [2.45, 2.75) is 6.54 Å². The largest absolute Gasteiger partial charge is 0.496 e. The summed E-state index contributed by atoms with van der Waals surface area (Å²) < 4.78 is 10.8. The van der Waals surface area contributed by atoms with Gasteiger partial charge < -0.3 is 20.1 Å². The minimum Gasteiger partial charge on any atom is -0.496 e. The second-order valence-corrected chi connectivity index (χ2v) is 7.15. The maximum Gasteiger partial charge on any atom is 0.126 e. The van der Waals surface area contributed by atoms with Crippen LogP contribution in [-0.4, -0.2) is 56.4 Å². The van der Waals surface area contributed by atoms with E-state index in [1.54, 1.807) is 7.11 Å². The molecule has 0 bridgehead atoms. The number of benzene rings is 2. The van der Waals surface area contributed by atoms with E-state index in [0.717, 1.165) is 73.1 Å². The van der Waals surface area contributed by atoms with E-state index in [4.69, 9.17) is 14.5 Å². The third-order valence-electron chi connectivity index (χ3n) is 5.20. The van der Waals surface area contributed by atoms with Gasteiger partial charge in [0.25, 0.3) is 0 Å². The number of rotatable bonds is 8. The lowest BCUT2D eigenvalue weighted by Gasteiger charge is -2.26. The van der Waals surface area contributed by atoms with Crippen molar-refractivity contribution in [3.8, 4) is 5.75 Å². The number of hydrogen-bond donors (Lipinski definition) is 2. The van der Waals surface area contributed by atoms with Crippen molar-refractivity contribution in [3.63, 3.8) is 0 Å². The fourth-order valence-corrected chi connectivity index (χ4v) is 3.55. The number of nitrogens with zero attached hydrogens (tertiary/aromatic N) is 2. The fraction of sp³-hybridized carbons (Fsp3) is 0.348. The van der Waals surface area contributed by atoms with Gasteiger partial charge in [-0.05, 0) is 36.4 Å². The summed E-state index contributed by atoms with van der Waals surface area (Å²) in [5.74, 6) is 1.74. The predicted molar refractivity (Wildman–Crippen MR) is 118 cm³/mol. The highest BCUT2D eigenvalue weighted by molar-refractivity contribution is 5.83. The van der Waals surface area contributed by atoms with Crippen molar-refractivity contribution in [1.82, 2.24) is 9.88 Å². The van der Waals surface area contributed by atoms with Crippen LogP contribution in [0.25, 0.3) is 10.9 Å². The number of fused-ring (bicyclic) bond motifs is 1. The number of anilines is 2. The van der Waals surface area contributed by atoms with Gasteiger partial charge in [-0.2, -0.15) is 0 Å². The Morgan fingerprint density at radius 3 is 2.76 bits per heavy atom. The molecule has 3 aromatic rings. The summed E-state index contributed by atoms with van der Waals surface area (Å²) in [5.41, 5.74) is 3.22. The van der Waals surface area contributed by atoms with Gasteiger partial charge in [0.15, 0.2) is 0 Å². The fourth-order valence-electron chi connectivity index (χ4n) is 3.55. The van der Waals surface area contributed by atoms with Crippen molar-refractivity contribution in [3.05, 3.63) is 60.2 Å². The molecule has 6 nitrogen and oxygen atoms in total. The summed E-state index contributed by atoms with van der Waals surface area (Å²) >= 11 is 0. The van der Waals surface area contributed by atoms with Crippen LogP contribution in [0.2, 0.25) is 0 Å². The molecule has 152 valence electrons. The molecule has 1 aromatic heterocycles. The standard InChI is InChI=1S/C23H28N4O2/c1-28-22-5-3-2-4-19(22)17-25-23-9-6-18-16-20(7-8-21(18)26-23)24-10-11-27-12-14-29-15-13-27/h2-9,16,24H,10-15,17H2,1H3,(H,25,26). The number of pyridine rings is 1. The molecule has 0 saturated carbocycles. The number of para-hydroxylation sites is 1. The van der Waals surface area contributed by atoms with Gasteiger partial charge in [-0.3, -0.25) is 4.90 Å². The van der Waals surface area contributed by atoms with Gasteiger partial charge in [0.2, 0.25) is 0 Å². The molecule has 0 amide bonds. The summed E-state index contributed by atoms with van der Waals surface area (Å²) in [6.45, 7) is 6.36. The molecule has 2 N–H and O–H groups in total. The van der Waals surface area contributed by atoms with Gasteiger partial charge in [0, 0.05) is 49.4 Å². The number of ether oxygens (including phenoxy) is 2. The van der Waals surface area contributed by atoms with Gasteiger partial charge >= 0.3 is 0 Å². The minimum absolute atomic E-state index is 0.670. The first-order chi connectivity index (χ1) is 14.3. The summed E-state index contributed by atoms with van der Waals surface area (Å²) in [5, 5.41) is 8.04. The lowest BCUT2D eigenvalue weighted by molar-refractivity contribution is 0.0398. The number of morpholine rings is 1. The smallest absolute Gasteiger partial charge is 0.126 e. The third kappa shape index (κ3) is 5.16. The summed E-state index contributed by atoms with van der Waals surface area (Å²) in [7, 11) is 1.69. The molecule has 2 aromatic carbocycles. The third-order valence-corrected chi connectivity index (χ3v) is 5.20. The Balaban J connectivity index is 1.35. The van der Waals surface area contributed by atoms with E-state index in [1.807, 2.05) is 24.3 Å². The van der Waals surface area contributed by atoms with Gasteiger partial charge in [-0.25, -0.2) is 4.98 Å². The molecule has 0 spiro atoms. The first kappa shape index (κ1) is 19.5. The molecule has 6 heteroatoms. The second-order valence-electron chi connectivity index (χ2n) is 7.15. The Labute approximate surface area is 171 Å². The van der Waals surface area contributed by atoms with E-state index in [0.29, 0.717) is 6.54 Å². The Hall–Kier alpha value is -2.83. The van der Waals surface area contributed by atoms with Crippen LogP contribution in [-0.2, 0) is 11.3 Å². The van der Waals surface area contributed by atoms with E-state index in [1.165, 1.54) is 0 Å². The monoisotopic (exact) mass is 392 g/mol. The van der Waals surface area contributed by atoms with Crippen molar-refractivity contribution in [2.24, 2.45) is 0 Å². The molecular formula is C23H28N4O2. The SMILES string of the molecule is COc1ccccc1CNc1ccc2cc(NCCN3CCOCC3)ccc2n1. The zero-order chi connectivity index (χ0) is 19.9. The van der Waals surface area contributed by atoms with Gasteiger partial charge in [-0.15, -0.1) is 0 Å². The molecule has 2 heterocycles. The molecule has 1 fully saturated rings. The predicted octanol–water partition coefficient (Wildman–Crippen LogP) is 3.60. The Morgan fingerprint density at radius 1 is 1.03 bits per heavy atom. The molecule has 4 rings (SSSR count). The van der Waals surface area contributed by atoms with Crippen molar-refractivity contribution in [1.29, 1.82) is 0 Å². The molecule has 1 aliphatic heterocycles. The maximum atomic E-state index is 5.41. The van der Waals surface area contributed by atoms with Crippen LogP contribution in [0.4, 0.5) is 11.5 Å². The van der Waals surface area contributed by atoms with Gasteiger partial charge in [-0.1, -0.05) is 18.2 Å². The van der Waals surface area contributed by atoms with E-state index in [2.05, 4.69) is 45.9 Å². The van der Waals surface area contributed by atoms with Crippen LogP contribution in [0.3, 0.4) is 0 Å². The number of methoxy groups -OCH3 is 1. The first-order valence-corrected chi connectivity index (χ1v) is 10.1. The van der Waals surface area contributed by atoms with Gasteiger partial charge in [0.05, 0.1) is 25.8 Å². The molecule has 1 aliphatic rings. The first-order valence-electron chi connectivity index (χ1n) is 10.1. The molecule has 0 radical (unpaired) electrons. The quantitative estimate of drug-likeness (QED) is 0.611.